The van der Waals surface area contributed by atoms with Crippen LogP contribution in [0.3, 0.4) is 0 Å². The number of carbonyl (C=O) groups is 4. The third-order valence-corrected chi connectivity index (χ3v) is 8.55. The first-order valence-corrected chi connectivity index (χ1v) is 12.2. The molecule has 188 valence electrons. The molecule has 1 aliphatic heterocycles. The van der Waals surface area contributed by atoms with Crippen molar-refractivity contribution in [1.82, 2.24) is 0 Å². The Morgan fingerprint density at radius 2 is 1.68 bits per heavy atom. The van der Waals surface area contributed by atoms with Gasteiger partial charge in [-0.15, -0.1) is 0 Å². The summed E-state index contributed by atoms with van der Waals surface area (Å²) in [6, 6.07) is 0. The molecule has 0 aromatic carbocycles. The zero-order valence-electron chi connectivity index (χ0n) is 21.1. The third kappa shape index (κ3) is 3.97. The second kappa shape index (κ2) is 8.18. The smallest absolute Gasteiger partial charge is 0.303 e. The minimum absolute atomic E-state index is 0.0327. The molecule has 0 unspecified atom stereocenters. The van der Waals surface area contributed by atoms with Gasteiger partial charge in [0.15, 0.2) is 5.60 Å². The largest absolute Gasteiger partial charge is 0.462 e. The Labute approximate surface area is 200 Å². The van der Waals surface area contributed by atoms with Crippen LogP contribution in [0.15, 0.2) is 11.6 Å². The summed E-state index contributed by atoms with van der Waals surface area (Å²) in [6.45, 7) is 12.2. The van der Waals surface area contributed by atoms with Crippen molar-refractivity contribution in [2.45, 2.75) is 91.1 Å². The molecule has 4 aliphatic rings. The van der Waals surface area contributed by atoms with Crippen molar-refractivity contribution in [3.05, 3.63) is 11.6 Å². The van der Waals surface area contributed by atoms with Crippen LogP contribution >= 0.6 is 0 Å². The van der Waals surface area contributed by atoms with Crippen LogP contribution in [0.2, 0.25) is 0 Å². The zero-order chi connectivity index (χ0) is 25.2. The van der Waals surface area contributed by atoms with Crippen molar-refractivity contribution < 1.29 is 38.1 Å². The second-order valence-corrected chi connectivity index (χ2v) is 11.3. The van der Waals surface area contributed by atoms with Gasteiger partial charge in [0.1, 0.15) is 17.8 Å². The molecule has 1 saturated heterocycles. The Hall–Kier alpha value is -2.22. The number of ether oxygens (including phenoxy) is 4. The molecule has 0 amide bonds. The van der Waals surface area contributed by atoms with E-state index in [-0.39, 0.29) is 29.5 Å². The van der Waals surface area contributed by atoms with Gasteiger partial charge in [0, 0.05) is 27.2 Å². The van der Waals surface area contributed by atoms with Gasteiger partial charge in [-0.1, -0.05) is 26.8 Å². The molecule has 0 radical (unpaired) electrons. The Balaban J connectivity index is 1.92. The number of hydrogen-bond acceptors (Lipinski definition) is 8. The quantitative estimate of drug-likeness (QED) is 0.347. The maximum atomic E-state index is 14.2. The van der Waals surface area contributed by atoms with Gasteiger partial charge in [0.2, 0.25) is 5.78 Å². The van der Waals surface area contributed by atoms with Crippen molar-refractivity contribution >= 4 is 23.7 Å². The van der Waals surface area contributed by atoms with Gasteiger partial charge in [-0.05, 0) is 48.5 Å². The molecule has 1 spiro atoms. The summed E-state index contributed by atoms with van der Waals surface area (Å²) in [7, 11) is 0. The van der Waals surface area contributed by atoms with Crippen LogP contribution < -0.4 is 0 Å². The fraction of sp³-hybridized carbons (Fsp3) is 0.769. The van der Waals surface area contributed by atoms with E-state index in [2.05, 4.69) is 13.8 Å². The van der Waals surface area contributed by atoms with Gasteiger partial charge < -0.3 is 18.9 Å². The highest BCUT2D eigenvalue weighted by molar-refractivity contribution is 6.03. The van der Waals surface area contributed by atoms with Crippen molar-refractivity contribution in [2.75, 3.05) is 6.61 Å². The van der Waals surface area contributed by atoms with E-state index >= 15 is 0 Å². The molecule has 34 heavy (non-hydrogen) atoms. The summed E-state index contributed by atoms with van der Waals surface area (Å²) in [5.41, 5.74) is -1.90. The summed E-state index contributed by atoms with van der Waals surface area (Å²) < 4.78 is 23.5. The number of carbonyl (C=O) groups excluding carboxylic acids is 4. The number of esters is 3. The molecule has 0 bridgehead atoms. The third-order valence-electron chi connectivity index (χ3n) is 8.55. The van der Waals surface area contributed by atoms with E-state index in [9.17, 15) is 19.2 Å². The molecule has 3 aliphatic carbocycles. The van der Waals surface area contributed by atoms with Crippen LogP contribution in [0.5, 0.6) is 0 Å². The van der Waals surface area contributed by atoms with E-state index in [1.54, 1.807) is 6.92 Å². The molecule has 0 aromatic heterocycles. The zero-order valence-corrected chi connectivity index (χ0v) is 21.1. The SMILES string of the molecule is CC(=O)O[C@@H]1[C@@H]2[C@@H](OC(C)=O)[C@]3(CC[C@H]4[C@@H](/C=C(\C)C(=O)[C@@]2(OC(C)=O)C[C@@H]1C)C4(C)C)CO3. The van der Waals surface area contributed by atoms with Crippen LogP contribution in [-0.4, -0.2) is 53.7 Å². The van der Waals surface area contributed by atoms with Crippen LogP contribution in [0.4, 0.5) is 0 Å². The number of allylic oxidation sites excluding steroid dienone is 1. The van der Waals surface area contributed by atoms with Crippen molar-refractivity contribution in [3.8, 4) is 0 Å². The topological polar surface area (TPSA) is 108 Å². The van der Waals surface area contributed by atoms with E-state index in [0.717, 1.165) is 6.42 Å². The molecule has 8 nitrogen and oxygen atoms in total. The molecule has 8 atom stereocenters. The fourth-order valence-corrected chi connectivity index (χ4v) is 6.78. The van der Waals surface area contributed by atoms with Crippen molar-refractivity contribution in [1.29, 1.82) is 0 Å². The number of fused-ring (bicyclic) bond motifs is 2. The number of epoxide rings is 1. The summed E-state index contributed by atoms with van der Waals surface area (Å²) >= 11 is 0. The average molecular weight is 477 g/mol. The molecule has 2 saturated carbocycles. The van der Waals surface area contributed by atoms with Gasteiger partial charge >= 0.3 is 17.9 Å². The first-order valence-electron chi connectivity index (χ1n) is 12.2. The maximum Gasteiger partial charge on any atom is 0.303 e. The monoisotopic (exact) mass is 476 g/mol. The number of Topliss-reactive ketones (excluding diaryl/α,β-unsaturated/α-hetero) is 1. The summed E-state index contributed by atoms with van der Waals surface area (Å²) in [5, 5.41) is 0. The summed E-state index contributed by atoms with van der Waals surface area (Å²) in [5.74, 6) is -2.61. The first kappa shape index (κ1) is 24.9. The molecule has 3 fully saturated rings. The number of rotatable bonds is 3. The van der Waals surface area contributed by atoms with Gasteiger partial charge in [-0.25, -0.2) is 0 Å². The Kier molecular flexibility index (Phi) is 5.99. The predicted octanol–water partition coefficient (Wildman–Crippen LogP) is 3.16. The lowest BCUT2D eigenvalue weighted by Crippen LogP contribution is -2.58. The Morgan fingerprint density at radius 1 is 1.06 bits per heavy atom. The van der Waals surface area contributed by atoms with E-state index in [0.29, 0.717) is 24.5 Å². The lowest BCUT2D eigenvalue weighted by Gasteiger charge is -2.41. The Morgan fingerprint density at radius 3 is 2.21 bits per heavy atom. The van der Waals surface area contributed by atoms with Gasteiger partial charge in [-0.2, -0.15) is 0 Å². The number of hydrogen-bond donors (Lipinski definition) is 0. The molecule has 4 rings (SSSR count). The standard InChI is InChI=1S/C26H36O8/c1-13-10-19-18(24(19,6)7)8-9-25(12-31-25)23(33-16(4)28)20-21(32-15(3)27)14(2)11-26(20,22(13)30)34-17(5)29/h10,14,18-21,23H,8-9,11-12H2,1-7H3/b13-10+/t14-,18-,19+,20+,21-,23+,25-,26+/m0/s1. The molecule has 0 aromatic rings. The molecule has 8 heteroatoms. The molecular weight excluding hydrogens is 440 g/mol. The minimum atomic E-state index is -1.64. The van der Waals surface area contributed by atoms with Crippen LogP contribution in [0.1, 0.15) is 67.7 Å². The van der Waals surface area contributed by atoms with E-state index in [1.807, 2.05) is 13.0 Å². The van der Waals surface area contributed by atoms with Crippen LogP contribution in [0, 0.1) is 29.1 Å². The second-order valence-electron chi connectivity index (χ2n) is 11.3. The highest BCUT2D eigenvalue weighted by Crippen LogP contribution is 2.64. The minimum Gasteiger partial charge on any atom is -0.462 e. The fourth-order valence-electron chi connectivity index (χ4n) is 6.78. The summed E-state index contributed by atoms with van der Waals surface area (Å²) in [4.78, 5) is 50.9. The van der Waals surface area contributed by atoms with E-state index in [4.69, 9.17) is 18.9 Å². The van der Waals surface area contributed by atoms with Crippen molar-refractivity contribution in [2.24, 2.45) is 29.1 Å². The lowest BCUT2D eigenvalue weighted by molar-refractivity contribution is -0.190. The molecular formula is C26H36O8. The van der Waals surface area contributed by atoms with E-state index < -0.39 is 47.2 Å². The van der Waals surface area contributed by atoms with Crippen LogP contribution in [-0.2, 0) is 38.1 Å². The normalized spacial score (nSPS) is 44.0. The van der Waals surface area contributed by atoms with Crippen molar-refractivity contribution in [3.63, 3.8) is 0 Å². The summed E-state index contributed by atoms with van der Waals surface area (Å²) in [6.07, 6.45) is 1.94. The predicted molar refractivity (Wildman–Crippen MR) is 120 cm³/mol. The highest BCUT2D eigenvalue weighted by atomic mass is 16.6. The highest BCUT2D eigenvalue weighted by Gasteiger charge is 2.71. The van der Waals surface area contributed by atoms with Gasteiger partial charge in [-0.3, -0.25) is 19.2 Å². The average Bonchev–Trinajstić information content (AvgIpc) is 3.56. The molecule has 1 heterocycles. The van der Waals surface area contributed by atoms with Crippen LogP contribution in [0.25, 0.3) is 0 Å². The maximum absolute atomic E-state index is 14.2. The first-order chi connectivity index (χ1) is 15.7. The van der Waals surface area contributed by atoms with Gasteiger partial charge in [0.25, 0.3) is 0 Å². The molecule has 0 N–H and O–H groups in total. The van der Waals surface area contributed by atoms with E-state index in [1.165, 1.54) is 20.8 Å². The number of ketones is 1. The van der Waals surface area contributed by atoms with Gasteiger partial charge in [0.05, 0.1) is 12.5 Å². The lowest BCUT2D eigenvalue weighted by atomic mass is 9.74. The Bertz CT molecular complexity index is 944.